The van der Waals surface area contributed by atoms with Crippen LogP contribution in [0.3, 0.4) is 0 Å². The third-order valence-corrected chi connectivity index (χ3v) is 4.86. The van der Waals surface area contributed by atoms with E-state index in [0.717, 1.165) is 12.6 Å². The molecule has 3 fully saturated rings. The number of aliphatic hydroxyl groups excluding tert-OH is 1. The molecule has 0 aromatic carbocycles. The van der Waals surface area contributed by atoms with Gasteiger partial charge in [-0.3, -0.25) is 9.80 Å². The van der Waals surface area contributed by atoms with Crippen LogP contribution >= 0.6 is 0 Å². The van der Waals surface area contributed by atoms with Gasteiger partial charge in [0.05, 0.1) is 6.10 Å². The van der Waals surface area contributed by atoms with Crippen molar-refractivity contribution in [3.63, 3.8) is 0 Å². The van der Waals surface area contributed by atoms with Crippen molar-refractivity contribution in [2.45, 2.75) is 50.7 Å². The molecule has 1 atom stereocenters. The minimum absolute atomic E-state index is 0.0481. The van der Waals surface area contributed by atoms with E-state index in [4.69, 9.17) is 0 Å². The Kier molecular flexibility index (Phi) is 3.69. The lowest BCUT2D eigenvalue weighted by molar-refractivity contribution is 0.0493. The van der Waals surface area contributed by atoms with Gasteiger partial charge < -0.3 is 5.11 Å². The summed E-state index contributed by atoms with van der Waals surface area (Å²) in [7, 11) is 0. The highest BCUT2D eigenvalue weighted by Crippen LogP contribution is 2.33. The van der Waals surface area contributed by atoms with E-state index in [2.05, 4.69) is 9.80 Å². The molecule has 3 rings (SSSR count). The quantitative estimate of drug-likeness (QED) is 0.800. The van der Waals surface area contributed by atoms with Crippen LogP contribution in [0.4, 0.5) is 0 Å². The fourth-order valence-electron chi connectivity index (χ4n) is 3.48. The van der Waals surface area contributed by atoms with Gasteiger partial charge in [-0.05, 0) is 31.6 Å². The van der Waals surface area contributed by atoms with Crippen LogP contribution in [0.1, 0.15) is 38.5 Å². The second-order valence-electron chi connectivity index (χ2n) is 6.18. The predicted molar refractivity (Wildman–Crippen MR) is 69.0 cm³/mol. The predicted octanol–water partition coefficient (Wildman–Crippen LogP) is 1.32. The molecular formula is C14H26N2O. The molecule has 17 heavy (non-hydrogen) atoms. The molecule has 3 nitrogen and oxygen atoms in total. The number of β-amino-alcohol motifs (C(OH)–C–C–N with tert-alkyl or cyclic N) is 1. The molecule has 1 saturated heterocycles. The van der Waals surface area contributed by atoms with Crippen molar-refractivity contribution in [1.29, 1.82) is 0 Å². The smallest absolute Gasteiger partial charge is 0.0695 e. The summed E-state index contributed by atoms with van der Waals surface area (Å²) < 4.78 is 0. The van der Waals surface area contributed by atoms with Crippen LogP contribution in [0.15, 0.2) is 0 Å². The second-order valence-corrected chi connectivity index (χ2v) is 6.18. The molecule has 1 heterocycles. The molecule has 1 aliphatic heterocycles. The molecule has 0 radical (unpaired) electrons. The summed E-state index contributed by atoms with van der Waals surface area (Å²) in [6.07, 6.45) is 8.17. The zero-order chi connectivity index (χ0) is 11.7. The summed E-state index contributed by atoms with van der Waals surface area (Å²) in [6, 6.07) is 0.880. The van der Waals surface area contributed by atoms with Crippen LogP contribution in [-0.2, 0) is 0 Å². The fourth-order valence-corrected chi connectivity index (χ4v) is 3.48. The molecule has 1 unspecified atom stereocenters. The highest BCUT2D eigenvalue weighted by Gasteiger charge is 2.32. The van der Waals surface area contributed by atoms with Gasteiger partial charge in [0.25, 0.3) is 0 Å². The minimum Gasteiger partial charge on any atom is -0.392 e. The summed E-state index contributed by atoms with van der Waals surface area (Å²) >= 11 is 0. The second kappa shape index (κ2) is 5.25. The summed E-state index contributed by atoms with van der Waals surface area (Å²) in [4.78, 5) is 5.15. The highest BCUT2D eigenvalue weighted by molar-refractivity contribution is 4.86. The maximum absolute atomic E-state index is 9.96. The molecule has 2 saturated carbocycles. The van der Waals surface area contributed by atoms with Crippen molar-refractivity contribution in [2.75, 3.05) is 32.7 Å². The summed E-state index contributed by atoms with van der Waals surface area (Å²) in [6.45, 7) is 5.70. The van der Waals surface area contributed by atoms with Gasteiger partial charge in [-0.1, -0.05) is 12.8 Å². The summed E-state index contributed by atoms with van der Waals surface area (Å²) in [5.41, 5.74) is 0. The molecule has 0 spiro atoms. The molecule has 0 bridgehead atoms. The average molecular weight is 238 g/mol. The van der Waals surface area contributed by atoms with Crippen LogP contribution in [-0.4, -0.2) is 59.8 Å². The first-order valence-corrected chi connectivity index (χ1v) is 7.47. The van der Waals surface area contributed by atoms with E-state index in [9.17, 15) is 5.11 Å². The first kappa shape index (κ1) is 11.9. The van der Waals surface area contributed by atoms with Crippen LogP contribution in [0.25, 0.3) is 0 Å². The van der Waals surface area contributed by atoms with Crippen LogP contribution in [0.2, 0.25) is 0 Å². The lowest BCUT2D eigenvalue weighted by atomic mass is 10.1. The molecule has 3 heteroatoms. The van der Waals surface area contributed by atoms with Crippen molar-refractivity contribution < 1.29 is 5.11 Å². The van der Waals surface area contributed by atoms with Gasteiger partial charge in [-0.2, -0.15) is 0 Å². The van der Waals surface area contributed by atoms with Crippen molar-refractivity contribution in [3.8, 4) is 0 Å². The van der Waals surface area contributed by atoms with Crippen molar-refractivity contribution in [3.05, 3.63) is 0 Å². The minimum atomic E-state index is -0.0481. The zero-order valence-electron chi connectivity index (χ0n) is 10.9. The molecule has 0 aromatic heterocycles. The molecule has 1 N–H and O–H groups in total. The average Bonchev–Trinajstić information content (AvgIpc) is 3.07. The fraction of sp³-hybridized carbons (Fsp3) is 1.00. The Hall–Kier alpha value is -0.120. The molecule has 0 amide bonds. The largest absolute Gasteiger partial charge is 0.392 e. The maximum atomic E-state index is 9.96. The third kappa shape index (κ3) is 3.01. The van der Waals surface area contributed by atoms with Gasteiger partial charge in [0.2, 0.25) is 0 Å². The zero-order valence-corrected chi connectivity index (χ0v) is 10.9. The van der Waals surface area contributed by atoms with Gasteiger partial charge in [0, 0.05) is 38.8 Å². The number of piperazine rings is 1. The van der Waals surface area contributed by atoms with E-state index in [1.165, 1.54) is 64.7 Å². The van der Waals surface area contributed by atoms with Gasteiger partial charge in [-0.25, -0.2) is 0 Å². The Balaban J connectivity index is 1.40. The monoisotopic (exact) mass is 238 g/mol. The SMILES string of the molecule is OC(CN1CCN(C2CCCC2)CC1)C1CC1. The van der Waals surface area contributed by atoms with Gasteiger partial charge in [-0.15, -0.1) is 0 Å². The normalized spacial score (nSPS) is 30.9. The lowest BCUT2D eigenvalue weighted by Crippen LogP contribution is -2.51. The molecule has 3 aliphatic rings. The number of hydrogen-bond donors (Lipinski definition) is 1. The Morgan fingerprint density at radius 3 is 2.18 bits per heavy atom. The maximum Gasteiger partial charge on any atom is 0.0695 e. The Labute approximate surface area is 105 Å². The van der Waals surface area contributed by atoms with Gasteiger partial charge in [0.15, 0.2) is 0 Å². The van der Waals surface area contributed by atoms with Crippen LogP contribution < -0.4 is 0 Å². The molecule has 98 valence electrons. The van der Waals surface area contributed by atoms with E-state index in [1.54, 1.807) is 0 Å². The van der Waals surface area contributed by atoms with Crippen LogP contribution in [0, 0.1) is 5.92 Å². The summed E-state index contributed by atoms with van der Waals surface area (Å²) in [5.74, 6) is 0.628. The van der Waals surface area contributed by atoms with E-state index in [0.29, 0.717) is 5.92 Å². The first-order chi connectivity index (χ1) is 8.33. The molecule has 0 aromatic rings. The first-order valence-electron chi connectivity index (χ1n) is 7.47. The van der Waals surface area contributed by atoms with Crippen molar-refractivity contribution in [1.82, 2.24) is 9.80 Å². The highest BCUT2D eigenvalue weighted by atomic mass is 16.3. The standard InChI is InChI=1S/C14H26N2O/c17-14(12-5-6-12)11-15-7-9-16(10-8-15)13-3-1-2-4-13/h12-14,17H,1-11H2. The van der Waals surface area contributed by atoms with E-state index >= 15 is 0 Å². The molecular weight excluding hydrogens is 212 g/mol. The van der Waals surface area contributed by atoms with Gasteiger partial charge >= 0.3 is 0 Å². The van der Waals surface area contributed by atoms with E-state index in [1.807, 2.05) is 0 Å². The van der Waals surface area contributed by atoms with E-state index < -0.39 is 0 Å². The topological polar surface area (TPSA) is 26.7 Å². The Morgan fingerprint density at radius 2 is 1.59 bits per heavy atom. The molecule has 2 aliphatic carbocycles. The van der Waals surface area contributed by atoms with E-state index in [-0.39, 0.29) is 6.10 Å². The van der Waals surface area contributed by atoms with Crippen LogP contribution in [0.5, 0.6) is 0 Å². The van der Waals surface area contributed by atoms with Gasteiger partial charge in [0.1, 0.15) is 0 Å². The third-order valence-electron chi connectivity index (χ3n) is 4.86. The number of aliphatic hydroxyl groups is 1. The Bertz CT molecular complexity index is 241. The van der Waals surface area contributed by atoms with Crippen molar-refractivity contribution in [2.24, 2.45) is 5.92 Å². The summed E-state index contributed by atoms with van der Waals surface area (Å²) in [5, 5.41) is 9.96. The number of hydrogen-bond acceptors (Lipinski definition) is 3. The van der Waals surface area contributed by atoms with Crippen molar-refractivity contribution >= 4 is 0 Å². The lowest BCUT2D eigenvalue weighted by Gasteiger charge is -2.38. The number of rotatable bonds is 4. The number of nitrogens with zero attached hydrogens (tertiary/aromatic N) is 2. The Morgan fingerprint density at radius 1 is 0.941 bits per heavy atom.